The van der Waals surface area contributed by atoms with Crippen LogP contribution < -0.4 is 0 Å². The number of rotatable bonds is 0. The lowest BCUT2D eigenvalue weighted by Crippen LogP contribution is -2.55. The van der Waals surface area contributed by atoms with Crippen molar-refractivity contribution in [1.29, 1.82) is 0 Å². The van der Waals surface area contributed by atoms with Crippen molar-refractivity contribution in [2.24, 2.45) is 28.6 Å². The Bertz CT molecular complexity index is 788. The van der Waals surface area contributed by atoms with E-state index >= 15 is 0 Å². The van der Waals surface area contributed by atoms with Crippen LogP contribution in [0.1, 0.15) is 78.0 Å². The van der Waals surface area contributed by atoms with Crippen molar-refractivity contribution in [1.82, 2.24) is 5.16 Å². The van der Waals surface area contributed by atoms with E-state index in [1.165, 1.54) is 24.8 Å². The highest BCUT2D eigenvalue weighted by Gasteiger charge is 2.63. The number of hydrogen-bond acceptors (Lipinski definition) is 3. The first-order valence-corrected chi connectivity index (χ1v) is 10.5. The van der Waals surface area contributed by atoms with Gasteiger partial charge in [0.15, 0.2) is 0 Å². The van der Waals surface area contributed by atoms with Gasteiger partial charge in [0.05, 0.1) is 11.8 Å². The third kappa shape index (κ3) is 1.81. The predicted octanol–water partition coefficient (Wildman–Crippen LogP) is 5.04. The largest absolute Gasteiger partial charge is 0.390 e. The molecule has 4 aliphatic carbocycles. The summed E-state index contributed by atoms with van der Waals surface area (Å²) in [6.45, 7) is 11.6. The highest BCUT2D eigenvalue weighted by atomic mass is 16.5. The van der Waals surface area contributed by atoms with Gasteiger partial charge in [-0.2, -0.15) is 0 Å². The van der Waals surface area contributed by atoms with Crippen LogP contribution in [0.4, 0.5) is 0 Å². The zero-order chi connectivity index (χ0) is 18.5. The SMILES string of the molecule is CC1(C)C2=CC[C@@H]3[C@H](CC[C@]4(C)[C@H]3CC[C@]4(C)O)[C@]2(C)Cc2cnoc21. The molecule has 0 bridgehead atoms. The molecule has 2 fully saturated rings. The highest BCUT2D eigenvalue weighted by Crippen LogP contribution is 2.68. The molecule has 0 amide bonds. The molecule has 0 aromatic carbocycles. The van der Waals surface area contributed by atoms with Gasteiger partial charge in [0.2, 0.25) is 0 Å². The Hall–Kier alpha value is -1.09. The molecule has 1 N–H and O–H groups in total. The molecule has 1 heterocycles. The standard InChI is InChI=1S/C23H33NO2/c1-20(2)18-7-6-15-16(21(18,3)12-14-13-24-26-19(14)20)8-10-22(4)17(15)9-11-23(22,5)25/h7,13,15-17,25H,6,8-12H2,1-5H3/t15-,16+,17+,21+,22-,23+/m1/s1. The summed E-state index contributed by atoms with van der Waals surface area (Å²) in [5.74, 6) is 3.13. The molecule has 0 spiro atoms. The molecule has 0 aliphatic heterocycles. The van der Waals surface area contributed by atoms with Gasteiger partial charge in [-0.1, -0.05) is 30.7 Å². The van der Waals surface area contributed by atoms with Crippen molar-refractivity contribution in [2.45, 2.75) is 84.2 Å². The molecular weight excluding hydrogens is 322 g/mol. The minimum atomic E-state index is -0.499. The quantitative estimate of drug-likeness (QED) is 0.663. The van der Waals surface area contributed by atoms with E-state index in [0.29, 0.717) is 17.8 Å². The molecule has 1 aromatic rings. The number of allylic oxidation sites excluding steroid dienone is 2. The summed E-state index contributed by atoms with van der Waals surface area (Å²) in [4.78, 5) is 0. The molecule has 1 aromatic heterocycles. The average molecular weight is 356 g/mol. The van der Waals surface area contributed by atoms with E-state index in [1.807, 2.05) is 6.20 Å². The first-order chi connectivity index (χ1) is 12.1. The van der Waals surface area contributed by atoms with Crippen LogP contribution in [0.15, 0.2) is 22.4 Å². The highest BCUT2D eigenvalue weighted by molar-refractivity contribution is 5.44. The molecule has 4 aliphatic rings. The van der Waals surface area contributed by atoms with Gasteiger partial charge >= 0.3 is 0 Å². The molecule has 0 saturated heterocycles. The summed E-state index contributed by atoms with van der Waals surface area (Å²) in [6.07, 6.45) is 11.3. The third-order valence-corrected chi connectivity index (χ3v) is 9.47. The normalized spacial score (nSPS) is 48.8. The van der Waals surface area contributed by atoms with Crippen molar-refractivity contribution in [3.05, 3.63) is 29.2 Å². The summed E-state index contributed by atoms with van der Waals surface area (Å²) < 4.78 is 5.69. The summed E-state index contributed by atoms with van der Waals surface area (Å²) >= 11 is 0. The van der Waals surface area contributed by atoms with E-state index in [2.05, 4.69) is 45.9 Å². The van der Waals surface area contributed by atoms with E-state index in [4.69, 9.17) is 4.52 Å². The topological polar surface area (TPSA) is 46.3 Å². The van der Waals surface area contributed by atoms with E-state index in [0.717, 1.165) is 25.0 Å². The van der Waals surface area contributed by atoms with Crippen molar-refractivity contribution >= 4 is 0 Å². The van der Waals surface area contributed by atoms with E-state index in [-0.39, 0.29) is 16.2 Å². The minimum Gasteiger partial charge on any atom is -0.390 e. The van der Waals surface area contributed by atoms with Crippen LogP contribution in [0.5, 0.6) is 0 Å². The van der Waals surface area contributed by atoms with Crippen LogP contribution in [-0.4, -0.2) is 15.9 Å². The van der Waals surface area contributed by atoms with Crippen molar-refractivity contribution in [3.63, 3.8) is 0 Å². The molecule has 26 heavy (non-hydrogen) atoms. The van der Waals surface area contributed by atoms with Crippen LogP contribution >= 0.6 is 0 Å². The molecule has 0 radical (unpaired) electrons. The second-order valence-electron chi connectivity index (χ2n) is 10.9. The van der Waals surface area contributed by atoms with Gasteiger partial charge in [-0.05, 0) is 87.9 Å². The zero-order valence-electron chi connectivity index (χ0n) is 16.9. The van der Waals surface area contributed by atoms with Gasteiger partial charge in [-0.3, -0.25) is 0 Å². The molecule has 0 unspecified atom stereocenters. The Kier molecular flexibility index (Phi) is 3.17. The Labute approximate surface area is 157 Å². The maximum Gasteiger partial charge on any atom is 0.149 e. The fourth-order valence-corrected chi connectivity index (χ4v) is 7.95. The molecule has 6 atom stereocenters. The fourth-order valence-electron chi connectivity index (χ4n) is 7.95. The molecular formula is C23H33NO2. The van der Waals surface area contributed by atoms with Crippen LogP contribution in [0.2, 0.25) is 0 Å². The Morgan fingerprint density at radius 1 is 1.08 bits per heavy atom. The number of nitrogens with zero attached hydrogens (tertiary/aromatic N) is 1. The summed E-state index contributed by atoms with van der Waals surface area (Å²) in [5.41, 5.74) is 2.60. The first-order valence-electron chi connectivity index (χ1n) is 10.5. The van der Waals surface area contributed by atoms with E-state index < -0.39 is 5.60 Å². The van der Waals surface area contributed by atoms with E-state index in [1.54, 1.807) is 5.57 Å². The summed E-state index contributed by atoms with van der Waals surface area (Å²) in [5, 5.41) is 15.2. The second kappa shape index (κ2) is 4.84. The number of aromatic nitrogens is 1. The lowest BCUT2D eigenvalue weighted by Gasteiger charge is -2.60. The van der Waals surface area contributed by atoms with E-state index in [9.17, 15) is 5.11 Å². The van der Waals surface area contributed by atoms with Crippen LogP contribution in [-0.2, 0) is 11.8 Å². The Morgan fingerprint density at radius 2 is 1.81 bits per heavy atom. The predicted molar refractivity (Wildman–Crippen MR) is 102 cm³/mol. The molecule has 3 nitrogen and oxygen atoms in total. The molecule has 3 heteroatoms. The smallest absolute Gasteiger partial charge is 0.149 e. The van der Waals surface area contributed by atoms with Crippen LogP contribution in [0.25, 0.3) is 0 Å². The molecule has 142 valence electrons. The lowest BCUT2D eigenvalue weighted by molar-refractivity contribution is -0.113. The zero-order valence-corrected chi connectivity index (χ0v) is 16.9. The minimum absolute atomic E-state index is 0.0638. The van der Waals surface area contributed by atoms with Gasteiger partial charge in [-0.15, -0.1) is 0 Å². The van der Waals surface area contributed by atoms with Crippen molar-refractivity contribution < 1.29 is 9.63 Å². The van der Waals surface area contributed by atoms with Gasteiger partial charge in [-0.25, -0.2) is 0 Å². The van der Waals surface area contributed by atoms with Gasteiger partial charge < -0.3 is 9.63 Å². The number of fused-ring (bicyclic) bond motifs is 6. The average Bonchev–Trinajstić information content (AvgIpc) is 3.10. The van der Waals surface area contributed by atoms with Gasteiger partial charge in [0, 0.05) is 11.0 Å². The Morgan fingerprint density at radius 3 is 2.58 bits per heavy atom. The first kappa shape index (κ1) is 17.0. The molecule has 2 saturated carbocycles. The summed E-state index contributed by atoms with van der Waals surface area (Å²) in [6, 6.07) is 0. The maximum absolute atomic E-state index is 11.1. The summed E-state index contributed by atoms with van der Waals surface area (Å²) in [7, 11) is 0. The Balaban J connectivity index is 1.60. The van der Waals surface area contributed by atoms with Crippen LogP contribution in [0, 0.1) is 28.6 Å². The van der Waals surface area contributed by atoms with Crippen molar-refractivity contribution in [2.75, 3.05) is 0 Å². The lowest BCUT2D eigenvalue weighted by atomic mass is 9.44. The number of aliphatic hydroxyl groups is 1. The van der Waals surface area contributed by atoms with Crippen LogP contribution in [0.3, 0.4) is 0 Å². The van der Waals surface area contributed by atoms with Gasteiger partial charge in [0.1, 0.15) is 5.76 Å². The second-order valence-corrected chi connectivity index (χ2v) is 10.9. The fraction of sp³-hybridized carbons (Fsp3) is 0.783. The third-order valence-electron chi connectivity index (χ3n) is 9.47. The molecule has 5 rings (SSSR count). The van der Waals surface area contributed by atoms with Gasteiger partial charge in [0.25, 0.3) is 0 Å². The maximum atomic E-state index is 11.1. The monoisotopic (exact) mass is 355 g/mol. The number of hydrogen-bond donors (Lipinski definition) is 1. The van der Waals surface area contributed by atoms with Crippen molar-refractivity contribution in [3.8, 4) is 0 Å².